The smallest absolute Gasteiger partial charge is 0.274 e. The van der Waals surface area contributed by atoms with Gasteiger partial charge in [-0.15, -0.1) is 0 Å². The summed E-state index contributed by atoms with van der Waals surface area (Å²) in [5, 5.41) is 6.11. The van der Waals surface area contributed by atoms with E-state index in [0.717, 1.165) is 22.5 Å². The second-order valence-electron chi connectivity index (χ2n) is 6.65. The lowest BCUT2D eigenvalue weighted by Gasteiger charge is -2.12. The first-order chi connectivity index (χ1) is 13.9. The molecule has 0 aliphatic rings. The number of nitrogens with zero attached hydrogens (tertiary/aromatic N) is 2. The van der Waals surface area contributed by atoms with Crippen molar-refractivity contribution < 1.29 is 14.3 Å². The molecule has 0 fully saturated rings. The fourth-order valence-electron chi connectivity index (χ4n) is 2.87. The van der Waals surface area contributed by atoms with Gasteiger partial charge in [-0.2, -0.15) is 0 Å². The topological polar surface area (TPSA) is 85.4 Å². The lowest BCUT2D eigenvalue weighted by atomic mass is 10.1. The van der Waals surface area contributed by atoms with Gasteiger partial charge in [-0.25, -0.2) is 9.97 Å². The number of rotatable bonds is 6. The van der Waals surface area contributed by atoms with E-state index in [4.69, 9.17) is 9.47 Å². The van der Waals surface area contributed by atoms with Crippen molar-refractivity contribution in [1.29, 1.82) is 0 Å². The van der Waals surface area contributed by atoms with Crippen LogP contribution in [0.2, 0.25) is 0 Å². The van der Waals surface area contributed by atoms with Gasteiger partial charge < -0.3 is 20.1 Å². The minimum Gasteiger partial charge on any atom is -0.493 e. The summed E-state index contributed by atoms with van der Waals surface area (Å²) in [5.41, 5.74) is 3.85. The number of carbonyl (C=O) groups is 1. The number of hydrogen-bond acceptors (Lipinski definition) is 6. The maximum absolute atomic E-state index is 12.8. The lowest BCUT2D eigenvalue weighted by Crippen LogP contribution is -2.16. The van der Waals surface area contributed by atoms with Gasteiger partial charge in [-0.3, -0.25) is 4.79 Å². The molecule has 7 heteroatoms. The minimum absolute atomic E-state index is 0.279. The minimum atomic E-state index is -0.292. The molecule has 0 aliphatic heterocycles. The Kier molecular flexibility index (Phi) is 5.97. The van der Waals surface area contributed by atoms with E-state index < -0.39 is 0 Å². The molecule has 1 heterocycles. The summed E-state index contributed by atoms with van der Waals surface area (Å²) in [5.74, 6) is 1.93. The van der Waals surface area contributed by atoms with Crippen LogP contribution in [0.5, 0.6) is 11.5 Å². The fourth-order valence-corrected chi connectivity index (χ4v) is 2.87. The molecule has 2 N–H and O–H groups in total. The normalized spacial score (nSPS) is 10.4. The van der Waals surface area contributed by atoms with E-state index >= 15 is 0 Å². The molecule has 7 nitrogen and oxygen atoms in total. The van der Waals surface area contributed by atoms with Crippen LogP contribution in [0.3, 0.4) is 0 Å². The molecule has 0 saturated heterocycles. The van der Waals surface area contributed by atoms with Crippen molar-refractivity contribution in [2.24, 2.45) is 0 Å². The molecule has 0 spiro atoms. The number of aromatic nitrogens is 2. The number of nitrogens with one attached hydrogen (secondary N) is 2. The van der Waals surface area contributed by atoms with Crippen molar-refractivity contribution in [3.05, 3.63) is 65.1 Å². The Morgan fingerprint density at radius 2 is 1.66 bits per heavy atom. The Bertz CT molecular complexity index is 1050. The largest absolute Gasteiger partial charge is 0.493 e. The molecule has 0 atom stereocenters. The highest BCUT2D eigenvalue weighted by Crippen LogP contribution is 2.31. The zero-order chi connectivity index (χ0) is 21.0. The third kappa shape index (κ3) is 4.82. The average molecular weight is 392 g/mol. The van der Waals surface area contributed by atoms with Crippen molar-refractivity contribution in [1.82, 2.24) is 9.97 Å². The van der Waals surface area contributed by atoms with Gasteiger partial charge >= 0.3 is 0 Å². The van der Waals surface area contributed by atoms with Crippen LogP contribution in [0.4, 0.5) is 17.2 Å². The van der Waals surface area contributed by atoms with E-state index in [-0.39, 0.29) is 11.6 Å². The molecule has 1 aromatic heterocycles. The first-order valence-electron chi connectivity index (χ1n) is 9.13. The predicted octanol–water partition coefficient (Wildman–Crippen LogP) is 4.41. The van der Waals surface area contributed by atoms with Crippen LogP contribution < -0.4 is 20.1 Å². The van der Waals surface area contributed by atoms with Gasteiger partial charge in [0.2, 0.25) is 0 Å². The van der Waals surface area contributed by atoms with Crippen molar-refractivity contribution in [2.45, 2.75) is 20.8 Å². The summed E-state index contributed by atoms with van der Waals surface area (Å²) in [7, 11) is 3.16. The van der Waals surface area contributed by atoms with E-state index in [1.54, 1.807) is 39.3 Å². The molecule has 2 aromatic carbocycles. The quantitative estimate of drug-likeness (QED) is 0.646. The molecule has 29 heavy (non-hydrogen) atoms. The second-order valence-corrected chi connectivity index (χ2v) is 6.65. The summed E-state index contributed by atoms with van der Waals surface area (Å²) >= 11 is 0. The second kappa shape index (κ2) is 8.60. The first kappa shape index (κ1) is 20.1. The van der Waals surface area contributed by atoms with Crippen LogP contribution in [0.1, 0.15) is 27.4 Å². The van der Waals surface area contributed by atoms with Crippen LogP contribution in [0.15, 0.2) is 42.5 Å². The maximum atomic E-state index is 12.8. The third-order valence-electron chi connectivity index (χ3n) is 4.37. The number of methoxy groups -OCH3 is 2. The highest BCUT2D eigenvalue weighted by atomic mass is 16.5. The van der Waals surface area contributed by atoms with Crippen LogP contribution in [0, 0.1) is 20.8 Å². The zero-order valence-electron chi connectivity index (χ0n) is 17.2. The number of ether oxygens (including phenoxy) is 2. The van der Waals surface area contributed by atoms with Gasteiger partial charge in [-0.1, -0.05) is 12.1 Å². The Balaban J connectivity index is 1.84. The molecule has 0 unspecified atom stereocenters. The van der Waals surface area contributed by atoms with Crippen molar-refractivity contribution in [2.75, 3.05) is 24.9 Å². The summed E-state index contributed by atoms with van der Waals surface area (Å²) in [6.45, 7) is 5.67. The van der Waals surface area contributed by atoms with Crippen molar-refractivity contribution in [3.8, 4) is 11.5 Å². The summed E-state index contributed by atoms with van der Waals surface area (Å²) < 4.78 is 10.6. The van der Waals surface area contributed by atoms with E-state index in [9.17, 15) is 4.79 Å². The average Bonchev–Trinajstić information content (AvgIpc) is 2.70. The molecular weight excluding hydrogens is 368 g/mol. The number of aryl methyl sites for hydroxylation is 3. The maximum Gasteiger partial charge on any atom is 0.274 e. The molecule has 0 saturated carbocycles. The first-order valence-corrected chi connectivity index (χ1v) is 9.13. The number of amides is 1. The molecule has 0 bridgehead atoms. The molecule has 3 aromatic rings. The van der Waals surface area contributed by atoms with Gasteiger partial charge in [0, 0.05) is 23.5 Å². The fraction of sp³-hybridized carbons (Fsp3) is 0.227. The molecule has 150 valence electrons. The van der Waals surface area contributed by atoms with Crippen LogP contribution >= 0.6 is 0 Å². The number of hydrogen-bond donors (Lipinski definition) is 2. The van der Waals surface area contributed by atoms with Gasteiger partial charge in [-0.05, 0) is 50.1 Å². The van der Waals surface area contributed by atoms with E-state index in [2.05, 4.69) is 20.6 Å². The molecule has 3 rings (SSSR count). The third-order valence-corrected chi connectivity index (χ3v) is 4.37. The molecule has 1 amide bonds. The number of anilines is 3. The van der Waals surface area contributed by atoms with Gasteiger partial charge in [0.25, 0.3) is 5.91 Å². The van der Waals surface area contributed by atoms with Gasteiger partial charge in [0.1, 0.15) is 17.3 Å². The highest BCUT2D eigenvalue weighted by molar-refractivity contribution is 6.03. The lowest BCUT2D eigenvalue weighted by molar-refractivity contribution is 0.102. The Labute approximate surface area is 170 Å². The van der Waals surface area contributed by atoms with E-state index in [0.29, 0.717) is 23.1 Å². The number of benzene rings is 2. The highest BCUT2D eigenvalue weighted by Gasteiger charge is 2.13. The Hall–Kier alpha value is -3.61. The molecular formula is C22H24N4O3. The summed E-state index contributed by atoms with van der Waals surface area (Å²) in [6.07, 6.45) is 0. The SMILES string of the molecule is COc1ccc(Nc2cc(C(=O)Nc3cc(C)ccc3C)nc(C)n2)cc1OC. The summed E-state index contributed by atoms with van der Waals surface area (Å²) in [6, 6.07) is 13.0. The standard InChI is InChI=1S/C22H24N4O3/c1-13-6-7-14(2)17(10-13)26-22(27)18-12-21(24-15(3)23-18)25-16-8-9-19(28-4)20(11-16)29-5/h6-12H,1-5H3,(H,26,27)(H,23,24,25). The van der Waals surface area contributed by atoms with Crippen LogP contribution in [0.25, 0.3) is 0 Å². The van der Waals surface area contributed by atoms with Crippen LogP contribution in [-0.2, 0) is 0 Å². The zero-order valence-corrected chi connectivity index (χ0v) is 17.2. The monoisotopic (exact) mass is 392 g/mol. The van der Waals surface area contributed by atoms with Crippen LogP contribution in [-0.4, -0.2) is 30.1 Å². The molecule has 0 radical (unpaired) electrons. The van der Waals surface area contributed by atoms with E-state index in [1.807, 2.05) is 38.1 Å². The predicted molar refractivity (Wildman–Crippen MR) is 113 cm³/mol. The number of carbonyl (C=O) groups excluding carboxylic acids is 1. The summed E-state index contributed by atoms with van der Waals surface area (Å²) in [4.78, 5) is 21.4. The van der Waals surface area contributed by atoms with Crippen molar-refractivity contribution in [3.63, 3.8) is 0 Å². The van der Waals surface area contributed by atoms with Crippen molar-refractivity contribution >= 4 is 23.1 Å². The Morgan fingerprint density at radius 3 is 2.38 bits per heavy atom. The van der Waals surface area contributed by atoms with Gasteiger partial charge in [0.15, 0.2) is 11.5 Å². The van der Waals surface area contributed by atoms with E-state index in [1.165, 1.54) is 0 Å². The molecule has 0 aliphatic carbocycles. The van der Waals surface area contributed by atoms with Gasteiger partial charge in [0.05, 0.1) is 14.2 Å². The Morgan fingerprint density at radius 1 is 0.897 bits per heavy atom.